The zero-order valence-electron chi connectivity index (χ0n) is 8.70. The standard InChI is InChI=1S/C11H15N3O/c1-8(15)5-12-6-9-3-2-4-10-7-13-14-11(9)10/h2-4,7-8,12,15H,5-6H2,1H3,(H,13,14)/t8-/m0/s1. The highest BCUT2D eigenvalue weighted by molar-refractivity contribution is 5.81. The number of para-hydroxylation sites is 1. The zero-order chi connectivity index (χ0) is 10.7. The van der Waals surface area contributed by atoms with Gasteiger partial charge in [-0.2, -0.15) is 5.10 Å². The number of nitrogens with one attached hydrogen (secondary N) is 2. The fourth-order valence-electron chi connectivity index (χ4n) is 1.59. The first-order chi connectivity index (χ1) is 7.27. The molecule has 0 aliphatic carbocycles. The van der Waals surface area contributed by atoms with Crippen LogP contribution >= 0.6 is 0 Å². The van der Waals surface area contributed by atoms with Crippen molar-refractivity contribution in [2.24, 2.45) is 0 Å². The molecule has 0 aliphatic rings. The van der Waals surface area contributed by atoms with Crippen LogP contribution in [0, 0.1) is 0 Å². The van der Waals surface area contributed by atoms with Crippen molar-refractivity contribution in [1.29, 1.82) is 0 Å². The molecule has 15 heavy (non-hydrogen) atoms. The van der Waals surface area contributed by atoms with Gasteiger partial charge in [0, 0.05) is 18.5 Å². The van der Waals surface area contributed by atoms with Gasteiger partial charge in [-0.05, 0) is 12.5 Å². The molecular weight excluding hydrogens is 190 g/mol. The Balaban J connectivity index is 2.10. The van der Waals surface area contributed by atoms with E-state index in [1.807, 2.05) is 18.3 Å². The van der Waals surface area contributed by atoms with E-state index in [0.717, 1.165) is 17.4 Å². The predicted octanol–water partition coefficient (Wildman–Crippen LogP) is 1.03. The monoisotopic (exact) mass is 205 g/mol. The molecule has 0 saturated carbocycles. The van der Waals surface area contributed by atoms with E-state index in [1.165, 1.54) is 5.56 Å². The Morgan fingerprint density at radius 1 is 1.53 bits per heavy atom. The van der Waals surface area contributed by atoms with E-state index in [9.17, 15) is 0 Å². The molecule has 0 unspecified atom stereocenters. The summed E-state index contributed by atoms with van der Waals surface area (Å²) in [6, 6.07) is 6.09. The summed E-state index contributed by atoms with van der Waals surface area (Å²) in [6.45, 7) is 3.11. The van der Waals surface area contributed by atoms with E-state index >= 15 is 0 Å². The van der Waals surface area contributed by atoms with E-state index in [2.05, 4.69) is 21.6 Å². The summed E-state index contributed by atoms with van der Waals surface area (Å²) in [5, 5.41) is 20.4. The summed E-state index contributed by atoms with van der Waals surface area (Å²) >= 11 is 0. The summed E-state index contributed by atoms with van der Waals surface area (Å²) in [6.07, 6.45) is 1.50. The summed E-state index contributed by atoms with van der Waals surface area (Å²) in [5.74, 6) is 0. The van der Waals surface area contributed by atoms with Crippen LogP contribution in [-0.4, -0.2) is 28.0 Å². The van der Waals surface area contributed by atoms with Crippen LogP contribution in [0.4, 0.5) is 0 Å². The Bertz CT molecular complexity index is 436. The molecular formula is C11H15N3O. The number of H-pyrrole nitrogens is 1. The second-order valence-electron chi connectivity index (χ2n) is 3.73. The van der Waals surface area contributed by atoms with E-state index < -0.39 is 0 Å². The van der Waals surface area contributed by atoms with Crippen molar-refractivity contribution in [3.63, 3.8) is 0 Å². The molecule has 1 aromatic heterocycles. The molecule has 0 aliphatic heterocycles. The van der Waals surface area contributed by atoms with Gasteiger partial charge < -0.3 is 10.4 Å². The number of aromatic amines is 1. The lowest BCUT2D eigenvalue weighted by Gasteiger charge is -2.07. The predicted molar refractivity (Wildman–Crippen MR) is 59.5 cm³/mol. The number of fused-ring (bicyclic) bond motifs is 1. The van der Waals surface area contributed by atoms with Crippen LogP contribution in [0.15, 0.2) is 24.4 Å². The Morgan fingerprint density at radius 2 is 2.40 bits per heavy atom. The lowest BCUT2D eigenvalue weighted by Crippen LogP contribution is -2.23. The Morgan fingerprint density at radius 3 is 3.20 bits per heavy atom. The van der Waals surface area contributed by atoms with Crippen LogP contribution in [0.25, 0.3) is 10.9 Å². The van der Waals surface area contributed by atoms with Crippen molar-refractivity contribution < 1.29 is 5.11 Å². The average Bonchev–Trinajstić information content (AvgIpc) is 2.65. The van der Waals surface area contributed by atoms with Gasteiger partial charge in [-0.25, -0.2) is 0 Å². The maximum absolute atomic E-state index is 9.12. The Labute approximate surface area is 88.3 Å². The van der Waals surface area contributed by atoms with E-state index in [0.29, 0.717) is 6.54 Å². The van der Waals surface area contributed by atoms with Crippen LogP contribution in [0.2, 0.25) is 0 Å². The molecule has 0 fully saturated rings. The normalized spacial score (nSPS) is 13.2. The zero-order valence-corrected chi connectivity index (χ0v) is 8.70. The first kappa shape index (κ1) is 10.1. The highest BCUT2D eigenvalue weighted by Crippen LogP contribution is 2.14. The van der Waals surface area contributed by atoms with Gasteiger partial charge in [0.25, 0.3) is 0 Å². The fraction of sp³-hybridized carbons (Fsp3) is 0.364. The summed E-state index contributed by atoms with van der Waals surface area (Å²) in [7, 11) is 0. The fourth-order valence-corrected chi connectivity index (χ4v) is 1.59. The Hall–Kier alpha value is -1.39. The van der Waals surface area contributed by atoms with Crippen LogP contribution in [-0.2, 0) is 6.54 Å². The molecule has 1 atom stereocenters. The second kappa shape index (κ2) is 4.42. The number of aliphatic hydroxyl groups excluding tert-OH is 1. The highest BCUT2D eigenvalue weighted by atomic mass is 16.3. The quantitative estimate of drug-likeness (QED) is 0.698. The molecule has 4 nitrogen and oxygen atoms in total. The lowest BCUT2D eigenvalue weighted by atomic mass is 10.1. The van der Waals surface area contributed by atoms with Crippen LogP contribution in [0.3, 0.4) is 0 Å². The molecule has 0 spiro atoms. The van der Waals surface area contributed by atoms with Gasteiger partial charge in [-0.1, -0.05) is 18.2 Å². The van der Waals surface area contributed by atoms with Crippen molar-refractivity contribution in [2.45, 2.75) is 19.6 Å². The van der Waals surface area contributed by atoms with Gasteiger partial charge in [-0.15, -0.1) is 0 Å². The number of hydrogen-bond acceptors (Lipinski definition) is 3. The van der Waals surface area contributed by atoms with Gasteiger partial charge >= 0.3 is 0 Å². The van der Waals surface area contributed by atoms with Crippen molar-refractivity contribution in [2.75, 3.05) is 6.54 Å². The third-order valence-electron chi connectivity index (χ3n) is 2.32. The molecule has 0 radical (unpaired) electrons. The van der Waals surface area contributed by atoms with Crippen molar-refractivity contribution in [1.82, 2.24) is 15.5 Å². The molecule has 0 amide bonds. The lowest BCUT2D eigenvalue weighted by molar-refractivity contribution is 0.191. The third-order valence-corrected chi connectivity index (χ3v) is 2.32. The third kappa shape index (κ3) is 2.34. The number of aromatic nitrogens is 2. The smallest absolute Gasteiger partial charge is 0.0695 e. The maximum Gasteiger partial charge on any atom is 0.0695 e. The number of nitrogens with zero attached hydrogens (tertiary/aromatic N) is 1. The van der Waals surface area contributed by atoms with Crippen molar-refractivity contribution in [3.8, 4) is 0 Å². The number of aliphatic hydroxyl groups is 1. The summed E-state index contributed by atoms with van der Waals surface area (Å²) in [4.78, 5) is 0. The summed E-state index contributed by atoms with van der Waals surface area (Å²) < 4.78 is 0. The van der Waals surface area contributed by atoms with Gasteiger partial charge in [0.2, 0.25) is 0 Å². The minimum absolute atomic E-state index is 0.314. The largest absolute Gasteiger partial charge is 0.392 e. The topological polar surface area (TPSA) is 60.9 Å². The first-order valence-corrected chi connectivity index (χ1v) is 5.07. The van der Waals surface area contributed by atoms with E-state index in [-0.39, 0.29) is 6.10 Å². The number of rotatable bonds is 4. The SMILES string of the molecule is C[C@H](O)CNCc1cccc2cn[nH]c12. The van der Waals surface area contributed by atoms with Crippen LogP contribution < -0.4 is 5.32 Å². The molecule has 1 aromatic carbocycles. The molecule has 4 heteroatoms. The minimum atomic E-state index is -0.314. The molecule has 3 N–H and O–H groups in total. The molecule has 0 saturated heterocycles. The molecule has 80 valence electrons. The second-order valence-corrected chi connectivity index (χ2v) is 3.73. The van der Waals surface area contributed by atoms with Gasteiger partial charge in [0.15, 0.2) is 0 Å². The molecule has 2 aromatic rings. The average molecular weight is 205 g/mol. The van der Waals surface area contributed by atoms with Gasteiger partial charge in [0.05, 0.1) is 17.8 Å². The minimum Gasteiger partial charge on any atom is -0.392 e. The van der Waals surface area contributed by atoms with Crippen LogP contribution in [0.5, 0.6) is 0 Å². The molecule has 2 rings (SSSR count). The Kier molecular flexibility index (Phi) is 2.99. The maximum atomic E-state index is 9.12. The van der Waals surface area contributed by atoms with Gasteiger partial charge in [-0.3, -0.25) is 5.10 Å². The highest BCUT2D eigenvalue weighted by Gasteiger charge is 2.02. The van der Waals surface area contributed by atoms with E-state index in [1.54, 1.807) is 6.92 Å². The van der Waals surface area contributed by atoms with Crippen molar-refractivity contribution >= 4 is 10.9 Å². The number of benzene rings is 1. The number of hydrogen-bond donors (Lipinski definition) is 3. The van der Waals surface area contributed by atoms with Crippen molar-refractivity contribution in [3.05, 3.63) is 30.0 Å². The molecule has 0 bridgehead atoms. The van der Waals surface area contributed by atoms with Crippen LogP contribution in [0.1, 0.15) is 12.5 Å². The first-order valence-electron chi connectivity index (χ1n) is 5.07. The van der Waals surface area contributed by atoms with Gasteiger partial charge in [0.1, 0.15) is 0 Å². The summed E-state index contributed by atoms with van der Waals surface area (Å²) in [5.41, 5.74) is 2.24. The van der Waals surface area contributed by atoms with E-state index in [4.69, 9.17) is 5.11 Å². The molecule has 1 heterocycles.